The quantitative estimate of drug-likeness (QED) is 0.124. The number of aliphatic hydroxyl groups is 1. The summed E-state index contributed by atoms with van der Waals surface area (Å²) in [5, 5.41) is 38.5. The van der Waals surface area contributed by atoms with Crippen LogP contribution in [0.1, 0.15) is 33.4 Å². The minimum absolute atomic E-state index is 0.0851. The third-order valence-corrected chi connectivity index (χ3v) is 13.1. The highest BCUT2D eigenvalue weighted by Crippen LogP contribution is 2.56. The number of carbonyl (C=O) groups excluding carboxylic acids is 1. The number of nitriles is 1. The van der Waals surface area contributed by atoms with Gasteiger partial charge in [-0.05, 0) is 63.4 Å². The third-order valence-electron chi connectivity index (χ3n) is 13.1. The fourth-order valence-electron chi connectivity index (χ4n) is 10.5. The number of nitrogens with zero attached hydrogens (tertiary/aromatic N) is 3. The number of carbonyl (C=O) groups is 1. The van der Waals surface area contributed by atoms with Gasteiger partial charge in [-0.2, -0.15) is 5.26 Å². The van der Waals surface area contributed by atoms with Gasteiger partial charge in [0.15, 0.2) is 17.0 Å². The second kappa shape index (κ2) is 11.1. The Labute approximate surface area is 342 Å². The van der Waals surface area contributed by atoms with Crippen LogP contribution in [-0.2, 0) is 16.1 Å². The van der Waals surface area contributed by atoms with Crippen molar-refractivity contribution < 1.29 is 9.90 Å². The molecule has 0 fully saturated rings. The maximum Gasteiger partial charge on any atom is 0.201 e. The van der Waals surface area contributed by atoms with Crippen molar-refractivity contribution >= 4 is 61.2 Å². The van der Waals surface area contributed by atoms with Crippen LogP contribution in [-0.4, -0.2) is 10.9 Å². The molecule has 0 saturated carbocycles. The SMILES string of the molecule is [C-]#[N+]c1ccc2c(c1)-c1ccccc1C21Nc2cccc3ccc(C4=C(O)C(=c5ccc6cccc7c6c5=NC5(N7)c6ccccc6-c6cc(C#N)ccc65)C4=O)c(c23)N1. The maximum absolute atomic E-state index is 14.9. The van der Waals surface area contributed by atoms with Gasteiger partial charge >= 0.3 is 0 Å². The minimum atomic E-state index is -1.04. The molecule has 0 saturated heterocycles. The zero-order valence-electron chi connectivity index (χ0n) is 31.6. The summed E-state index contributed by atoms with van der Waals surface area (Å²) < 4.78 is 0. The number of hydrogen-bond donors (Lipinski definition) is 4. The van der Waals surface area contributed by atoms with E-state index in [1.54, 1.807) is 0 Å². The van der Waals surface area contributed by atoms with Crippen LogP contribution >= 0.6 is 0 Å². The van der Waals surface area contributed by atoms with Crippen LogP contribution < -0.4 is 26.5 Å². The molecule has 2 atom stereocenters. The van der Waals surface area contributed by atoms with Crippen molar-refractivity contribution in [2.75, 3.05) is 16.0 Å². The summed E-state index contributed by atoms with van der Waals surface area (Å²) in [6.07, 6.45) is 0. The van der Waals surface area contributed by atoms with E-state index >= 15 is 0 Å². The second-order valence-corrected chi connectivity index (χ2v) is 15.9. The molecule has 8 nitrogen and oxygen atoms in total. The lowest BCUT2D eigenvalue weighted by Gasteiger charge is -2.41. The number of fused-ring (bicyclic) bond motifs is 10. The number of allylic oxidation sites excluding steroid dienone is 2. The molecular weight excluding hydrogens is 741 g/mol. The van der Waals surface area contributed by atoms with Gasteiger partial charge in [-0.15, -0.1) is 0 Å². The predicted octanol–water partition coefficient (Wildman–Crippen LogP) is 9.76. The van der Waals surface area contributed by atoms with Crippen molar-refractivity contribution in [2.24, 2.45) is 4.99 Å². The topological polar surface area (TPSA) is 114 Å². The van der Waals surface area contributed by atoms with Crippen molar-refractivity contribution in [1.29, 1.82) is 5.26 Å². The fraction of sp³-hybridized carbons (Fsp3) is 0.0385. The molecule has 8 heteroatoms. The number of Topliss-reactive ketones (excluding diaryl/α,β-unsaturated/α-hetero) is 1. The maximum atomic E-state index is 14.9. The van der Waals surface area contributed by atoms with E-state index in [4.69, 9.17) is 11.6 Å². The molecule has 3 aliphatic carbocycles. The molecular formula is C52H28N6O2. The lowest BCUT2D eigenvalue weighted by Crippen LogP contribution is -2.45. The van der Waals surface area contributed by atoms with E-state index < -0.39 is 11.3 Å². The van der Waals surface area contributed by atoms with Crippen molar-refractivity contribution in [2.45, 2.75) is 11.3 Å². The van der Waals surface area contributed by atoms with E-state index in [-0.39, 0.29) is 22.7 Å². The highest BCUT2D eigenvalue weighted by Gasteiger charge is 2.49. The minimum Gasteiger partial charge on any atom is -0.506 e. The molecule has 0 bridgehead atoms. The number of anilines is 3. The molecule has 0 aromatic heterocycles. The van der Waals surface area contributed by atoms with Gasteiger partial charge in [0, 0.05) is 55.2 Å². The average molecular weight is 769 g/mol. The number of nitrogens with one attached hydrogen (secondary N) is 3. The highest BCUT2D eigenvalue weighted by molar-refractivity contribution is 6.52. The van der Waals surface area contributed by atoms with Crippen LogP contribution in [0.2, 0.25) is 0 Å². The van der Waals surface area contributed by atoms with Crippen molar-refractivity contribution in [3.63, 3.8) is 0 Å². The summed E-state index contributed by atoms with van der Waals surface area (Å²) in [5.41, 5.74) is 10.4. The summed E-state index contributed by atoms with van der Waals surface area (Å²) in [5.74, 6) is -0.358. The van der Waals surface area contributed by atoms with Crippen molar-refractivity contribution in [3.8, 4) is 28.3 Å². The Morgan fingerprint density at radius 3 is 2.07 bits per heavy atom. The summed E-state index contributed by atoms with van der Waals surface area (Å²) in [6, 6.07) is 50.0. The molecule has 2 spiro atoms. The second-order valence-electron chi connectivity index (χ2n) is 15.9. The van der Waals surface area contributed by atoms with Crippen LogP contribution in [0.25, 0.3) is 59.8 Å². The van der Waals surface area contributed by atoms with Gasteiger partial charge < -0.3 is 21.1 Å². The summed E-state index contributed by atoms with van der Waals surface area (Å²) in [6.45, 7) is 7.72. The Balaban J connectivity index is 1.05. The van der Waals surface area contributed by atoms with Gasteiger partial charge in [-0.3, -0.25) is 4.79 Å². The lowest BCUT2D eigenvalue weighted by molar-refractivity contribution is -0.109. The summed E-state index contributed by atoms with van der Waals surface area (Å²) >= 11 is 0. The van der Waals surface area contributed by atoms with E-state index in [9.17, 15) is 15.2 Å². The van der Waals surface area contributed by atoms with Gasteiger partial charge in [-0.25, -0.2) is 9.84 Å². The molecule has 8 aromatic rings. The first-order chi connectivity index (χ1) is 29.4. The molecule has 278 valence electrons. The van der Waals surface area contributed by atoms with Crippen LogP contribution in [0.5, 0.6) is 0 Å². The fourth-order valence-corrected chi connectivity index (χ4v) is 10.5. The van der Waals surface area contributed by atoms with Gasteiger partial charge in [0.05, 0.1) is 40.4 Å². The first kappa shape index (κ1) is 32.6. The van der Waals surface area contributed by atoms with E-state index in [1.165, 1.54) is 0 Å². The van der Waals surface area contributed by atoms with Gasteiger partial charge in [-0.1, -0.05) is 115 Å². The molecule has 2 aliphatic heterocycles. The highest BCUT2D eigenvalue weighted by atomic mass is 16.3. The number of benzene rings is 8. The molecule has 0 amide bonds. The number of aliphatic hydroxyl groups excluding tert-OH is 1. The molecule has 4 N–H and O–H groups in total. The largest absolute Gasteiger partial charge is 0.506 e. The Morgan fingerprint density at radius 1 is 0.617 bits per heavy atom. The van der Waals surface area contributed by atoms with Gasteiger partial charge in [0.2, 0.25) is 5.78 Å². The standard InChI is InChI=1S/C52H28N6O2/c1-54-30-19-23-40-36(25-30)32-11-3-5-13-38(32)52(40)56-42-15-7-9-29-18-21-34(48(58-52)44(29)42)46-49(59)45(50(46)60)33-20-17-28-8-6-14-41-43(28)47(33)57-51(55-41)37-12-4-2-10-31(37)35-24-27(26-53)16-22-39(35)51/h2-25,55-56,58-59H. The zero-order valence-corrected chi connectivity index (χ0v) is 31.6. The Kier molecular flexibility index (Phi) is 6.05. The van der Waals surface area contributed by atoms with E-state index in [1.807, 2.05) is 121 Å². The Hall–Kier alpha value is -8.46. The molecule has 13 rings (SSSR count). The Bertz CT molecular complexity index is 3670. The van der Waals surface area contributed by atoms with Crippen molar-refractivity contribution in [1.82, 2.24) is 0 Å². The van der Waals surface area contributed by atoms with Gasteiger partial charge in [0.1, 0.15) is 5.76 Å². The van der Waals surface area contributed by atoms with Gasteiger partial charge in [0.25, 0.3) is 0 Å². The molecule has 2 unspecified atom stereocenters. The van der Waals surface area contributed by atoms with Crippen molar-refractivity contribution in [3.05, 3.63) is 207 Å². The molecule has 5 aliphatic rings. The first-order valence-corrected chi connectivity index (χ1v) is 19.7. The van der Waals surface area contributed by atoms with Crippen LogP contribution in [0.15, 0.2) is 156 Å². The summed E-state index contributed by atoms with van der Waals surface area (Å²) in [4.78, 5) is 24.2. The summed E-state index contributed by atoms with van der Waals surface area (Å²) in [7, 11) is 0. The number of ketones is 1. The molecule has 2 heterocycles. The van der Waals surface area contributed by atoms with Crippen LogP contribution in [0, 0.1) is 17.9 Å². The smallest absolute Gasteiger partial charge is 0.201 e. The average Bonchev–Trinajstić information content (AvgIpc) is 3.70. The van der Waals surface area contributed by atoms with Crippen LogP contribution in [0.4, 0.5) is 22.7 Å². The predicted molar refractivity (Wildman–Crippen MR) is 234 cm³/mol. The van der Waals surface area contributed by atoms with Crippen LogP contribution in [0.3, 0.4) is 0 Å². The monoisotopic (exact) mass is 768 g/mol. The van der Waals surface area contributed by atoms with E-state index in [2.05, 4.69) is 51.1 Å². The number of hydrogen-bond acceptors (Lipinski definition) is 7. The molecule has 8 aromatic carbocycles. The molecule has 0 radical (unpaired) electrons. The van der Waals surface area contributed by atoms with E-state index in [0.29, 0.717) is 27.4 Å². The normalized spacial score (nSPS) is 20.2. The number of rotatable bonds is 1. The lowest BCUT2D eigenvalue weighted by atomic mass is 9.79. The zero-order chi connectivity index (χ0) is 40.1. The molecule has 60 heavy (non-hydrogen) atoms. The first-order valence-electron chi connectivity index (χ1n) is 19.7. The Morgan fingerprint density at radius 2 is 1.28 bits per heavy atom. The van der Waals surface area contributed by atoms with E-state index in [0.717, 1.165) is 83.1 Å². The third kappa shape index (κ3) is 3.88.